The van der Waals surface area contributed by atoms with Gasteiger partial charge in [-0.25, -0.2) is 12.7 Å². The first-order valence-electron chi connectivity index (χ1n) is 6.78. The predicted molar refractivity (Wildman–Crippen MR) is 83.5 cm³/mol. The highest BCUT2D eigenvalue weighted by atomic mass is 32.2. The fraction of sp³-hybridized carbons (Fsp3) is 0.500. The SMILES string of the molecule is CCC(CN)C(=O)Nc1ccc(C)c(S(=O)(=O)N(C)C)c1. The highest BCUT2D eigenvalue weighted by Gasteiger charge is 2.21. The minimum atomic E-state index is -3.54. The maximum absolute atomic E-state index is 12.2. The lowest BCUT2D eigenvalue weighted by atomic mass is 10.1. The first kappa shape index (κ1) is 17.6. The molecule has 1 aromatic rings. The first-order valence-corrected chi connectivity index (χ1v) is 8.22. The summed E-state index contributed by atoms with van der Waals surface area (Å²) in [5.74, 6) is -0.475. The zero-order chi connectivity index (χ0) is 16.2. The third kappa shape index (κ3) is 4.03. The molecule has 0 fully saturated rings. The molecule has 1 atom stereocenters. The van der Waals surface area contributed by atoms with Crippen LogP contribution in [0.5, 0.6) is 0 Å². The fourth-order valence-electron chi connectivity index (χ4n) is 1.86. The molecule has 1 aromatic carbocycles. The molecule has 21 heavy (non-hydrogen) atoms. The van der Waals surface area contributed by atoms with Crippen LogP contribution >= 0.6 is 0 Å². The van der Waals surface area contributed by atoms with Gasteiger partial charge in [-0.3, -0.25) is 4.79 Å². The molecule has 0 heterocycles. The maximum Gasteiger partial charge on any atom is 0.242 e. The molecule has 0 spiro atoms. The summed E-state index contributed by atoms with van der Waals surface area (Å²) >= 11 is 0. The van der Waals surface area contributed by atoms with Gasteiger partial charge in [0.2, 0.25) is 15.9 Å². The number of nitrogens with two attached hydrogens (primary N) is 1. The van der Waals surface area contributed by atoms with Crippen LogP contribution in [0.3, 0.4) is 0 Å². The van der Waals surface area contributed by atoms with Crippen LogP contribution in [-0.4, -0.2) is 39.3 Å². The van der Waals surface area contributed by atoms with Crippen LogP contribution in [0.15, 0.2) is 23.1 Å². The van der Waals surface area contributed by atoms with Crippen molar-refractivity contribution in [1.82, 2.24) is 4.31 Å². The van der Waals surface area contributed by atoms with Gasteiger partial charge in [0.15, 0.2) is 0 Å². The van der Waals surface area contributed by atoms with Crippen molar-refractivity contribution in [3.05, 3.63) is 23.8 Å². The van der Waals surface area contributed by atoms with Crippen LogP contribution in [0.1, 0.15) is 18.9 Å². The first-order chi connectivity index (χ1) is 9.73. The molecular formula is C14H23N3O3S. The normalized spacial score (nSPS) is 13.2. The maximum atomic E-state index is 12.2. The van der Waals surface area contributed by atoms with Crippen molar-refractivity contribution in [2.45, 2.75) is 25.2 Å². The Hall–Kier alpha value is -1.44. The molecule has 3 N–H and O–H groups in total. The number of aryl methyl sites for hydroxylation is 1. The highest BCUT2D eigenvalue weighted by Crippen LogP contribution is 2.22. The monoisotopic (exact) mass is 313 g/mol. The Kier molecular flexibility index (Phi) is 5.88. The van der Waals surface area contributed by atoms with Gasteiger partial charge in [0, 0.05) is 26.3 Å². The minimum Gasteiger partial charge on any atom is -0.330 e. The van der Waals surface area contributed by atoms with Crippen LogP contribution in [0, 0.1) is 12.8 Å². The molecule has 118 valence electrons. The number of hydrogen-bond donors (Lipinski definition) is 2. The number of benzene rings is 1. The summed E-state index contributed by atoms with van der Waals surface area (Å²) in [5, 5.41) is 2.72. The molecule has 0 aliphatic heterocycles. The van der Waals surface area contributed by atoms with Crippen LogP contribution in [0.4, 0.5) is 5.69 Å². The van der Waals surface area contributed by atoms with E-state index in [4.69, 9.17) is 5.73 Å². The number of nitrogens with one attached hydrogen (secondary N) is 1. The quantitative estimate of drug-likeness (QED) is 0.824. The van der Waals surface area contributed by atoms with Crippen molar-refractivity contribution in [1.29, 1.82) is 0 Å². The summed E-state index contributed by atoms with van der Waals surface area (Å²) in [6, 6.07) is 4.84. The topological polar surface area (TPSA) is 92.5 Å². The van der Waals surface area contributed by atoms with Gasteiger partial charge in [-0.1, -0.05) is 13.0 Å². The number of amides is 1. The Morgan fingerprint density at radius 3 is 2.48 bits per heavy atom. The van der Waals surface area contributed by atoms with E-state index < -0.39 is 10.0 Å². The van der Waals surface area contributed by atoms with Crippen LogP contribution in [0.2, 0.25) is 0 Å². The van der Waals surface area contributed by atoms with E-state index in [-0.39, 0.29) is 23.3 Å². The standard InChI is InChI=1S/C14H23N3O3S/c1-5-11(9-15)14(18)16-12-7-6-10(2)13(8-12)21(19,20)17(3)4/h6-8,11H,5,9,15H2,1-4H3,(H,16,18). The van der Waals surface area contributed by atoms with Crippen molar-refractivity contribution in [3.8, 4) is 0 Å². The Morgan fingerprint density at radius 1 is 1.38 bits per heavy atom. The molecule has 0 saturated heterocycles. The van der Waals surface area contributed by atoms with E-state index in [9.17, 15) is 13.2 Å². The van der Waals surface area contributed by atoms with Crippen LogP contribution in [0.25, 0.3) is 0 Å². The van der Waals surface area contributed by atoms with Gasteiger partial charge in [-0.2, -0.15) is 0 Å². The minimum absolute atomic E-state index is 0.186. The third-order valence-electron chi connectivity index (χ3n) is 3.36. The lowest BCUT2D eigenvalue weighted by Crippen LogP contribution is -2.29. The Morgan fingerprint density at radius 2 is 2.00 bits per heavy atom. The molecule has 0 radical (unpaired) electrons. The molecule has 1 rings (SSSR count). The van der Waals surface area contributed by atoms with E-state index in [2.05, 4.69) is 5.32 Å². The van der Waals surface area contributed by atoms with Gasteiger partial charge in [0.1, 0.15) is 0 Å². The number of carbonyl (C=O) groups is 1. The fourth-order valence-corrected chi connectivity index (χ4v) is 3.00. The number of rotatable bonds is 6. The van der Waals surface area contributed by atoms with Crippen molar-refractivity contribution < 1.29 is 13.2 Å². The molecule has 7 heteroatoms. The molecule has 0 saturated carbocycles. The number of sulfonamides is 1. The van der Waals surface area contributed by atoms with E-state index in [1.165, 1.54) is 20.2 Å². The van der Waals surface area contributed by atoms with E-state index in [1.54, 1.807) is 19.1 Å². The molecule has 6 nitrogen and oxygen atoms in total. The van der Waals surface area contributed by atoms with Crippen molar-refractivity contribution in [2.75, 3.05) is 26.0 Å². The van der Waals surface area contributed by atoms with Crippen molar-refractivity contribution in [2.24, 2.45) is 11.7 Å². The van der Waals surface area contributed by atoms with E-state index in [0.717, 1.165) is 4.31 Å². The number of hydrogen-bond acceptors (Lipinski definition) is 4. The van der Waals surface area contributed by atoms with Crippen LogP contribution < -0.4 is 11.1 Å². The average Bonchev–Trinajstić information content (AvgIpc) is 2.42. The summed E-state index contributed by atoms with van der Waals surface area (Å²) in [7, 11) is -0.592. The number of anilines is 1. The molecule has 0 aliphatic rings. The molecule has 0 bridgehead atoms. The summed E-state index contributed by atoms with van der Waals surface area (Å²) < 4.78 is 25.6. The van der Waals surface area contributed by atoms with E-state index in [0.29, 0.717) is 17.7 Å². The number of carbonyl (C=O) groups excluding carboxylic acids is 1. The smallest absolute Gasteiger partial charge is 0.242 e. The van der Waals surface area contributed by atoms with Crippen LogP contribution in [-0.2, 0) is 14.8 Å². The van der Waals surface area contributed by atoms with E-state index in [1.807, 2.05) is 6.92 Å². The summed E-state index contributed by atoms with van der Waals surface area (Å²) in [6.45, 7) is 3.86. The van der Waals surface area contributed by atoms with Gasteiger partial charge < -0.3 is 11.1 Å². The van der Waals surface area contributed by atoms with Gasteiger partial charge in [-0.15, -0.1) is 0 Å². The van der Waals surface area contributed by atoms with Crippen molar-refractivity contribution in [3.63, 3.8) is 0 Å². The highest BCUT2D eigenvalue weighted by molar-refractivity contribution is 7.89. The largest absolute Gasteiger partial charge is 0.330 e. The molecule has 1 amide bonds. The van der Waals surface area contributed by atoms with Gasteiger partial charge in [-0.05, 0) is 31.0 Å². The number of nitrogens with zero attached hydrogens (tertiary/aromatic N) is 1. The lowest BCUT2D eigenvalue weighted by molar-refractivity contribution is -0.119. The molecule has 0 aliphatic carbocycles. The third-order valence-corrected chi connectivity index (χ3v) is 5.32. The second-order valence-corrected chi connectivity index (χ2v) is 7.22. The lowest BCUT2D eigenvalue weighted by Gasteiger charge is -2.16. The van der Waals surface area contributed by atoms with Gasteiger partial charge in [0.25, 0.3) is 0 Å². The average molecular weight is 313 g/mol. The van der Waals surface area contributed by atoms with Gasteiger partial charge >= 0.3 is 0 Å². The van der Waals surface area contributed by atoms with Crippen molar-refractivity contribution >= 4 is 21.6 Å². The summed E-state index contributed by atoms with van der Waals surface area (Å²) in [4.78, 5) is 12.2. The zero-order valence-electron chi connectivity index (χ0n) is 12.9. The summed E-state index contributed by atoms with van der Waals surface area (Å²) in [6.07, 6.45) is 0.636. The molecule has 1 unspecified atom stereocenters. The molecular weight excluding hydrogens is 290 g/mol. The molecule has 0 aromatic heterocycles. The Labute approximate surface area is 126 Å². The second-order valence-electron chi connectivity index (χ2n) is 5.10. The van der Waals surface area contributed by atoms with Gasteiger partial charge in [0.05, 0.1) is 10.8 Å². The predicted octanol–water partition coefficient (Wildman–Crippen LogP) is 1.17. The second kappa shape index (κ2) is 7.02. The van der Waals surface area contributed by atoms with E-state index >= 15 is 0 Å². The summed E-state index contributed by atoms with van der Waals surface area (Å²) in [5.41, 5.74) is 6.63. The Balaban J connectivity index is 3.11. The zero-order valence-corrected chi connectivity index (χ0v) is 13.7. The Bertz CT molecular complexity index is 608.